The van der Waals surface area contributed by atoms with E-state index in [-0.39, 0.29) is 0 Å². The molecule has 0 amide bonds. The highest BCUT2D eigenvalue weighted by Crippen LogP contribution is 2.24. The molecule has 2 rings (SSSR count). The molecule has 2 aliphatic heterocycles. The number of nitrogens with zero attached hydrogens (tertiary/aromatic N) is 1. The minimum absolute atomic E-state index is 0.577. The molecule has 5 heteroatoms. The normalized spacial score (nSPS) is 39.4. The Hall–Kier alpha value is 0.0300. The standard InChI is InChI=1S/C7H14N2O2S/c10-12(11)9-4-6-1-7(5-9)3-8-2-6/h6-8H,1-5H2,(H,10,11). The van der Waals surface area contributed by atoms with E-state index in [1.807, 2.05) is 0 Å². The van der Waals surface area contributed by atoms with Crippen LogP contribution in [0.3, 0.4) is 0 Å². The average Bonchev–Trinajstić information content (AvgIpc) is 2.03. The molecule has 0 saturated carbocycles. The van der Waals surface area contributed by atoms with Crippen molar-refractivity contribution in [3.8, 4) is 0 Å². The summed E-state index contributed by atoms with van der Waals surface area (Å²) >= 11 is -1.76. The molecule has 2 saturated heterocycles. The molecule has 3 unspecified atom stereocenters. The van der Waals surface area contributed by atoms with Crippen LogP contribution in [0.5, 0.6) is 0 Å². The van der Waals surface area contributed by atoms with Crippen LogP contribution in [0.1, 0.15) is 6.42 Å². The molecule has 12 heavy (non-hydrogen) atoms. The van der Waals surface area contributed by atoms with E-state index in [1.54, 1.807) is 4.31 Å². The number of piperidine rings is 2. The molecule has 2 aliphatic rings. The zero-order valence-corrected chi connectivity index (χ0v) is 7.72. The highest BCUT2D eigenvalue weighted by Gasteiger charge is 2.32. The molecule has 0 aliphatic carbocycles. The SMILES string of the molecule is O=S(O)N1CC2CNCC(C2)C1. The van der Waals surface area contributed by atoms with Crippen molar-refractivity contribution < 1.29 is 8.76 Å². The molecular formula is C7H14N2O2S. The fourth-order valence-corrected chi connectivity index (χ4v) is 2.86. The summed E-state index contributed by atoms with van der Waals surface area (Å²) in [5.41, 5.74) is 0. The maximum atomic E-state index is 10.8. The Kier molecular flexibility index (Phi) is 2.45. The summed E-state index contributed by atoms with van der Waals surface area (Å²) in [6, 6.07) is 0. The molecule has 2 N–H and O–H groups in total. The van der Waals surface area contributed by atoms with Gasteiger partial charge in [-0.1, -0.05) is 0 Å². The number of hydrogen-bond acceptors (Lipinski definition) is 2. The van der Waals surface area contributed by atoms with Crippen molar-refractivity contribution >= 4 is 11.3 Å². The number of hydrogen-bond donors (Lipinski definition) is 2. The Labute approximate surface area is 74.7 Å². The van der Waals surface area contributed by atoms with Crippen LogP contribution in [0, 0.1) is 11.8 Å². The predicted octanol–water partition coefficient (Wildman–Crippen LogP) is -0.336. The fraction of sp³-hybridized carbons (Fsp3) is 1.00. The van der Waals surface area contributed by atoms with Gasteiger partial charge in [0.25, 0.3) is 0 Å². The van der Waals surface area contributed by atoms with E-state index in [0.29, 0.717) is 11.8 Å². The van der Waals surface area contributed by atoms with Crippen LogP contribution in [0.25, 0.3) is 0 Å². The lowest BCUT2D eigenvalue weighted by Crippen LogP contribution is -2.51. The van der Waals surface area contributed by atoms with E-state index >= 15 is 0 Å². The van der Waals surface area contributed by atoms with Crippen molar-refractivity contribution in [1.29, 1.82) is 0 Å². The van der Waals surface area contributed by atoms with Gasteiger partial charge in [-0.25, -0.2) is 8.51 Å². The van der Waals surface area contributed by atoms with Crippen LogP contribution in [-0.4, -0.2) is 39.2 Å². The van der Waals surface area contributed by atoms with Gasteiger partial charge in [-0.05, 0) is 31.3 Å². The smallest absolute Gasteiger partial charge is 0.234 e. The summed E-state index contributed by atoms with van der Waals surface area (Å²) < 4.78 is 21.4. The van der Waals surface area contributed by atoms with Crippen LogP contribution in [0.4, 0.5) is 0 Å². The largest absolute Gasteiger partial charge is 0.316 e. The predicted molar refractivity (Wildman–Crippen MR) is 46.8 cm³/mol. The number of rotatable bonds is 1. The molecule has 0 aromatic rings. The van der Waals surface area contributed by atoms with Gasteiger partial charge in [0.1, 0.15) is 0 Å². The van der Waals surface area contributed by atoms with E-state index in [9.17, 15) is 4.21 Å². The summed E-state index contributed by atoms with van der Waals surface area (Å²) in [5.74, 6) is 1.15. The maximum Gasteiger partial charge on any atom is 0.234 e. The Morgan fingerprint density at radius 2 is 1.92 bits per heavy atom. The molecule has 70 valence electrons. The quantitative estimate of drug-likeness (QED) is 0.556. The highest BCUT2D eigenvalue weighted by molar-refractivity contribution is 7.76. The van der Waals surface area contributed by atoms with Crippen LogP contribution in [0.2, 0.25) is 0 Å². The summed E-state index contributed by atoms with van der Waals surface area (Å²) in [7, 11) is 0. The van der Waals surface area contributed by atoms with E-state index in [1.165, 1.54) is 6.42 Å². The molecule has 0 aromatic heterocycles. The van der Waals surface area contributed by atoms with Crippen molar-refractivity contribution in [3.63, 3.8) is 0 Å². The third kappa shape index (κ3) is 1.69. The summed E-state index contributed by atoms with van der Waals surface area (Å²) in [6.07, 6.45) is 1.22. The lowest BCUT2D eigenvalue weighted by atomic mass is 9.87. The molecule has 0 aromatic carbocycles. The van der Waals surface area contributed by atoms with Crippen molar-refractivity contribution in [3.05, 3.63) is 0 Å². The Morgan fingerprint density at radius 3 is 2.42 bits per heavy atom. The number of nitrogens with one attached hydrogen (secondary N) is 1. The lowest BCUT2D eigenvalue weighted by molar-refractivity contribution is 0.157. The highest BCUT2D eigenvalue weighted by atomic mass is 32.2. The van der Waals surface area contributed by atoms with Crippen LogP contribution in [-0.2, 0) is 11.3 Å². The molecule has 0 spiro atoms. The van der Waals surface area contributed by atoms with Gasteiger partial charge >= 0.3 is 0 Å². The van der Waals surface area contributed by atoms with Crippen LogP contribution < -0.4 is 5.32 Å². The Balaban J connectivity index is 2.00. The molecule has 2 bridgehead atoms. The van der Waals surface area contributed by atoms with Gasteiger partial charge in [-0.15, -0.1) is 0 Å². The topological polar surface area (TPSA) is 52.6 Å². The van der Waals surface area contributed by atoms with Crippen molar-refractivity contribution in [2.45, 2.75) is 6.42 Å². The molecule has 4 nitrogen and oxygen atoms in total. The van der Waals surface area contributed by atoms with E-state index < -0.39 is 11.3 Å². The second kappa shape index (κ2) is 3.41. The van der Waals surface area contributed by atoms with Gasteiger partial charge in [0.05, 0.1) is 0 Å². The Bertz CT molecular complexity index is 188. The molecule has 0 radical (unpaired) electrons. The summed E-state index contributed by atoms with van der Waals surface area (Å²) in [4.78, 5) is 0. The Morgan fingerprint density at radius 1 is 1.33 bits per heavy atom. The minimum Gasteiger partial charge on any atom is -0.316 e. The van der Waals surface area contributed by atoms with Crippen LogP contribution in [0.15, 0.2) is 0 Å². The molecule has 2 fully saturated rings. The van der Waals surface area contributed by atoms with Gasteiger partial charge in [0.15, 0.2) is 0 Å². The molecule has 2 heterocycles. The van der Waals surface area contributed by atoms with E-state index in [4.69, 9.17) is 4.55 Å². The monoisotopic (exact) mass is 190 g/mol. The number of fused-ring (bicyclic) bond motifs is 2. The molecular weight excluding hydrogens is 176 g/mol. The zero-order chi connectivity index (χ0) is 8.55. The van der Waals surface area contributed by atoms with Crippen LogP contribution >= 0.6 is 0 Å². The molecule has 3 atom stereocenters. The third-order valence-electron chi connectivity index (χ3n) is 2.68. The zero-order valence-electron chi connectivity index (χ0n) is 6.90. The first-order valence-electron chi connectivity index (χ1n) is 4.32. The first-order valence-corrected chi connectivity index (χ1v) is 5.38. The van der Waals surface area contributed by atoms with Gasteiger partial charge in [-0.2, -0.15) is 0 Å². The maximum absolute atomic E-state index is 10.8. The average molecular weight is 190 g/mol. The van der Waals surface area contributed by atoms with Gasteiger partial charge < -0.3 is 5.32 Å². The minimum atomic E-state index is -1.76. The van der Waals surface area contributed by atoms with Crippen molar-refractivity contribution in [2.24, 2.45) is 11.8 Å². The van der Waals surface area contributed by atoms with Crippen molar-refractivity contribution in [1.82, 2.24) is 9.62 Å². The van der Waals surface area contributed by atoms with E-state index in [0.717, 1.165) is 26.2 Å². The second-order valence-corrected chi connectivity index (χ2v) is 4.68. The first-order chi connectivity index (χ1) is 5.75. The fourth-order valence-electron chi connectivity index (χ4n) is 2.19. The van der Waals surface area contributed by atoms with Crippen molar-refractivity contribution in [2.75, 3.05) is 26.2 Å². The lowest BCUT2D eigenvalue weighted by Gasteiger charge is -2.39. The third-order valence-corrected chi connectivity index (χ3v) is 3.42. The summed E-state index contributed by atoms with van der Waals surface area (Å²) in [6.45, 7) is 3.55. The van der Waals surface area contributed by atoms with Gasteiger partial charge in [-0.3, -0.25) is 4.55 Å². The summed E-state index contributed by atoms with van der Waals surface area (Å²) in [5, 5.41) is 3.34. The van der Waals surface area contributed by atoms with E-state index in [2.05, 4.69) is 5.32 Å². The first kappa shape index (κ1) is 8.62. The van der Waals surface area contributed by atoms with Gasteiger partial charge in [0.2, 0.25) is 11.3 Å². The van der Waals surface area contributed by atoms with Gasteiger partial charge in [0, 0.05) is 13.1 Å². The second-order valence-electron chi connectivity index (χ2n) is 3.70.